The van der Waals surface area contributed by atoms with Crippen LogP contribution >= 0.6 is 0 Å². The molecule has 2 fully saturated rings. The lowest BCUT2D eigenvalue weighted by molar-refractivity contribution is -0.159. The number of aromatic hydroxyl groups is 1. The number of benzene rings is 1. The van der Waals surface area contributed by atoms with Crippen molar-refractivity contribution in [2.45, 2.75) is 25.4 Å². The van der Waals surface area contributed by atoms with Crippen LogP contribution in [-0.4, -0.2) is 120 Å². The van der Waals surface area contributed by atoms with Crippen molar-refractivity contribution in [3.8, 4) is 17.2 Å². The van der Waals surface area contributed by atoms with E-state index < -0.39 is 11.9 Å². The number of ether oxygens (including phenoxy) is 2. The second-order valence-corrected chi connectivity index (χ2v) is 8.07. The lowest BCUT2D eigenvalue weighted by atomic mass is 10.0. The predicted octanol–water partition coefficient (Wildman–Crippen LogP) is 0.139. The molecule has 3 rings (SSSR count). The first-order valence-electron chi connectivity index (χ1n) is 11.0. The van der Waals surface area contributed by atoms with Gasteiger partial charge in [-0.3, -0.25) is 14.7 Å². The number of carboxylic acid groups (broad SMARTS) is 2. The van der Waals surface area contributed by atoms with Crippen molar-refractivity contribution in [3.63, 3.8) is 0 Å². The molecule has 0 spiro atoms. The number of aliphatic hydroxyl groups excluding tert-OH is 1. The molecule has 2 saturated heterocycles. The summed E-state index contributed by atoms with van der Waals surface area (Å²) >= 11 is 0. The molecule has 0 saturated carbocycles. The Hall–Kier alpha value is -2.60. The molecule has 0 aliphatic carbocycles. The zero-order valence-electron chi connectivity index (χ0n) is 19.3. The second-order valence-electron chi connectivity index (χ2n) is 8.07. The number of likely N-dealkylation sites (tertiary alicyclic amines) is 1. The molecule has 2 heterocycles. The number of piperazine rings is 1. The molecule has 4 N–H and O–H groups in total. The van der Waals surface area contributed by atoms with Crippen molar-refractivity contribution in [3.05, 3.63) is 17.7 Å². The van der Waals surface area contributed by atoms with E-state index in [1.165, 1.54) is 12.8 Å². The number of carbonyl (C=O) groups is 2. The van der Waals surface area contributed by atoms with E-state index in [0.717, 1.165) is 57.9 Å². The molecular weight excluding hydrogens is 434 g/mol. The highest BCUT2D eigenvalue weighted by Gasteiger charge is 2.27. The van der Waals surface area contributed by atoms with Crippen molar-refractivity contribution in [1.29, 1.82) is 0 Å². The lowest BCUT2D eigenvalue weighted by Crippen LogP contribution is -2.53. The van der Waals surface area contributed by atoms with E-state index in [1.807, 2.05) is 12.1 Å². The van der Waals surface area contributed by atoms with Gasteiger partial charge in [0.05, 0.1) is 20.8 Å². The molecule has 2 aliphatic rings. The third kappa shape index (κ3) is 8.04. The Morgan fingerprint density at radius 2 is 1.42 bits per heavy atom. The molecule has 0 atom stereocenters. The smallest absolute Gasteiger partial charge is 0.414 e. The maximum absolute atomic E-state index is 10.1. The summed E-state index contributed by atoms with van der Waals surface area (Å²) in [6.45, 7) is 8.39. The maximum atomic E-state index is 10.1. The number of hydrogen-bond donors (Lipinski definition) is 4. The number of aliphatic hydroxyl groups is 1. The van der Waals surface area contributed by atoms with Crippen LogP contribution < -0.4 is 9.47 Å². The zero-order valence-corrected chi connectivity index (χ0v) is 19.3. The molecule has 1 aromatic carbocycles. The average molecular weight is 470 g/mol. The van der Waals surface area contributed by atoms with Gasteiger partial charge in [-0.2, -0.15) is 0 Å². The van der Waals surface area contributed by atoms with Gasteiger partial charge in [0.15, 0.2) is 11.5 Å². The van der Waals surface area contributed by atoms with Gasteiger partial charge in [0, 0.05) is 45.3 Å². The van der Waals surface area contributed by atoms with E-state index in [2.05, 4.69) is 14.7 Å². The molecule has 11 nitrogen and oxygen atoms in total. The highest BCUT2D eigenvalue weighted by Crippen LogP contribution is 2.37. The fraction of sp³-hybridized carbons (Fsp3) is 0.636. The number of methoxy groups -OCH3 is 2. The number of carboxylic acids is 2. The molecule has 0 unspecified atom stereocenters. The number of rotatable bonds is 7. The molecule has 33 heavy (non-hydrogen) atoms. The third-order valence-electron chi connectivity index (χ3n) is 6.03. The van der Waals surface area contributed by atoms with Gasteiger partial charge in [0.25, 0.3) is 0 Å². The van der Waals surface area contributed by atoms with E-state index in [-0.39, 0.29) is 12.4 Å². The average Bonchev–Trinajstić information content (AvgIpc) is 2.81. The predicted molar refractivity (Wildman–Crippen MR) is 120 cm³/mol. The SMILES string of the molecule is COc1cc(CN2CCC(N3CCN(CCO)CC3)CC2)cc(OC)c1O.O=C(O)C(=O)O. The first-order chi connectivity index (χ1) is 15.8. The van der Waals surface area contributed by atoms with E-state index in [9.17, 15) is 5.11 Å². The number of aliphatic carboxylic acids is 2. The van der Waals surface area contributed by atoms with Gasteiger partial charge >= 0.3 is 11.9 Å². The van der Waals surface area contributed by atoms with E-state index in [4.69, 9.17) is 34.4 Å². The summed E-state index contributed by atoms with van der Waals surface area (Å²) in [7, 11) is 3.12. The third-order valence-corrected chi connectivity index (χ3v) is 6.03. The molecule has 0 bridgehead atoms. The lowest BCUT2D eigenvalue weighted by Gasteiger charge is -2.42. The molecule has 186 valence electrons. The Labute approximate surface area is 193 Å². The molecular formula is C22H35N3O8. The molecule has 0 amide bonds. The molecule has 1 aromatic rings. The first kappa shape index (κ1) is 26.7. The van der Waals surface area contributed by atoms with Crippen molar-refractivity contribution in [2.75, 3.05) is 66.6 Å². The summed E-state index contributed by atoms with van der Waals surface area (Å²) in [5, 5.41) is 33.9. The molecule has 2 aliphatic heterocycles. The fourth-order valence-electron chi connectivity index (χ4n) is 4.23. The normalized spacial score (nSPS) is 18.3. The molecule has 0 aromatic heterocycles. The van der Waals surface area contributed by atoms with Crippen LogP contribution in [0, 0.1) is 0 Å². The van der Waals surface area contributed by atoms with Crippen molar-refractivity contribution >= 4 is 11.9 Å². The summed E-state index contributed by atoms with van der Waals surface area (Å²) in [6, 6.07) is 4.45. The molecule has 11 heteroatoms. The van der Waals surface area contributed by atoms with Gasteiger partial charge in [-0.15, -0.1) is 0 Å². The van der Waals surface area contributed by atoms with Crippen molar-refractivity contribution in [1.82, 2.24) is 14.7 Å². The van der Waals surface area contributed by atoms with Crippen LogP contribution in [0.25, 0.3) is 0 Å². The van der Waals surface area contributed by atoms with Crippen LogP contribution in [0.1, 0.15) is 18.4 Å². The summed E-state index contributed by atoms with van der Waals surface area (Å²) < 4.78 is 10.5. The maximum Gasteiger partial charge on any atom is 0.414 e. The Balaban J connectivity index is 0.000000569. The van der Waals surface area contributed by atoms with E-state index >= 15 is 0 Å². The minimum absolute atomic E-state index is 0.0581. The van der Waals surface area contributed by atoms with Crippen LogP contribution in [0.4, 0.5) is 0 Å². The van der Waals surface area contributed by atoms with Crippen LogP contribution in [-0.2, 0) is 16.1 Å². The first-order valence-corrected chi connectivity index (χ1v) is 11.0. The number of phenols is 1. The van der Waals surface area contributed by atoms with Crippen LogP contribution in [0.3, 0.4) is 0 Å². The standard InChI is InChI=1S/C20H33N3O4.C2H2O4/c1-26-18-13-16(14-19(27-2)20(18)25)15-22-5-3-17(4-6-22)23-9-7-21(8-10-23)11-12-24;3-1(4)2(5)6/h13-14,17,24-25H,3-12,15H2,1-2H3;(H,3,4)(H,5,6). The topological polar surface area (TPSA) is 143 Å². The summed E-state index contributed by atoms with van der Waals surface area (Å²) in [6.07, 6.45) is 2.37. The van der Waals surface area contributed by atoms with Crippen molar-refractivity contribution < 1.29 is 39.5 Å². The largest absolute Gasteiger partial charge is 0.502 e. The van der Waals surface area contributed by atoms with Gasteiger partial charge in [0.2, 0.25) is 5.75 Å². The summed E-state index contributed by atoms with van der Waals surface area (Å²) in [4.78, 5) is 25.6. The Bertz CT molecular complexity index is 738. The van der Waals surface area contributed by atoms with Gasteiger partial charge in [-0.1, -0.05) is 0 Å². The van der Waals surface area contributed by atoms with Crippen LogP contribution in [0.15, 0.2) is 12.1 Å². The van der Waals surface area contributed by atoms with Gasteiger partial charge in [-0.25, -0.2) is 9.59 Å². The summed E-state index contributed by atoms with van der Waals surface area (Å²) in [5.41, 5.74) is 1.09. The number of phenolic OH excluding ortho intramolecular Hbond substituents is 1. The van der Waals surface area contributed by atoms with Crippen LogP contribution in [0.5, 0.6) is 17.2 Å². The number of nitrogens with zero attached hydrogens (tertiary/aromatic N) is 3. The fourth-order valence-corrected chi connectivity index (χ4v) is 4.23. The Kier molecular flexibility index (Phi) is 10.7. The van der Waals surface area contributed by atoms with Crippen molar-refractivity contribution in [2.24, 2.45) is 0 Å². The highest BCUT2D eigenvalue weighted by molar-refractivity contribution is 6.27. The minimum atomic E-state index is -1.82. The second kappa shape index (κ2) is 13.2. The quantitative estimate of drug-likeness (QED) is 0.405. The minimum Gasteiger partial charge on any atom is -0.502 e. The zero-order chi connectivity index (χ0) is 24.4. The summed E-state index contributed by atoms with van der Waals surface area (Å²) in [5.74, 6) is -2.67. The van der Waals surface area contributed by atoms with Gasteiger partial charge in [-0.05, 0) is 43.6 Å². The number of piperidine rings is 1. The van der Waals surface area contributed by atoms with E-state index in [1.54, 1.807) is 14.2 Å². The highest BCUT2D eigenvalue weighted by atomic mass is 16.5. The number of hydrogen-bond acceptors (Lipinski definition) is 9. The van der Waals surface area contributed by atoms with Crippen LogP contribution in [0.2, 0.25) is 0 Å². The van der Waals surface area contributed by atoms with Gasteiger partial charge < -0.3 is 29.9 Å². The Morgan fingerprint density at radius 3 is 1.85 bits per heavy atom. The number of β-amino-alcohol motifs (C(OH)–C–C–N with tert-alkyl or cyclic N) is 1. The van der Waals surface area contributed by atoms with E-state index in [0.29, 0.717) is 17.5 Å². The Morgan fingerprint density at radius 1 is 0.909 bits per heavy atom. The molecule has 0 radical (unpaired) electrons. The monoisotopic (exact) mass is 469 g/mol. The van der Waals surface area contributed by atoms with Gasteiger partial charge in [0.1, 0.15) is 0 Å².